The second-order valence-corrected chi connectivity index (χ2v) is 7.28. The molecule has 2 aliphatic rings. The van der Waals surface area contributed by atoms with Crippen LogP contribution >= 0.6 is 0 Å². The van der Waals surface area contributed by atoms with Crippen molar-refractivity contribution < 1.29 is 14.4 Å². The Hall–Kier alpha value is -2.37. The van der Waals surface area contributed by atoms with Crippen molar-refractivity contribution in [1.82, 2.24) is 15.1 Å². The van der Waals surface area contributed by atoms with E-state index in [1.165, 1.54) is 6.42 Å². The fourth-order valence-electron chi connectivity index (χ4n) is 4.06. The van der Waals surface area contributed by atoms with Crippen molar-refractivity contribution in [3.05, 3.63) is 35.9 Å². The average molecular weight is 357 g/mol. The maximum Gasteiger partial charge on any atom is 0.325 e. The minimum atomic E-state index is -1.12. The van der Waals surface area contributed by atoms with Crippen LogP contribution in [-0.4, -0.2) is 46.8 Å². The van der Waals surface area contributed by atoms with Gasteiger partial charge in [0.25, 0.3) is 5.91 Å². The third-order valence-electron chi connectivity index (χ3n) is 5.60. The summed E-state index contributed by atoms with van der Waals surface area (Å²) in [5.41, 5.74) is -0.409. The van der Waals surface area contributed by atoms with E-state index in [9.17, 15) is 14.4 Å². The molecule has 1 aliphatic heterocycles. The second-order valence-electron chi connectivity index (χ2n) is 7.28. The zero-order chi connectivity index (χ0) is 18.7. The molecule has 6 nitrogen and oxygen atoms in total. The second kappa shape index (κ2) is 7.48. The molecular formula is C20H27N3O3. The van der Waals surface area contributed by atoms with Crippen molar-refractivity contribution in [3.63, 3.8) is 0 Å². The molecule has 1 aromatic rings. The first-order chi connectivity index (χ1) is 12.5. The van der Waals surface area contributed by atoms with Crippen LogP contribution in [0.3, 0.4) is 0 Å². The Morgan fingerprint density at radius 2 is 1.85 bits per heavy atom. The summed E-state index contributed by atoms with van der Waals surface area (Å²) < 4.78 is 0. The third-order valence-corrected chi connectivity index (χ3v) is 5.60. The molecule has 1 unspecified atom stereocenters. The van der Waals surface area contributed by atoms with Gasteiger partial charge in [0, 0.05) is 12.6 Å². The molecule has 4 amide bonds. The Morgan fingerprint density at radius 3 is 2.46 bits per heavy atom. The number of hydrogen-bond acceptors (Lipinski definition) is 3. The molecule has 1 heterocycles. The van der Waals surface area contributed by atoms with Gasteiger partial charge in [0.1, 0.15) is 12.1 Å². The Bertz CT molecular complexity index is 685. The summed E-state index contributed by atoms with van der Waals surface area (Å²) in [6.07, 6.45) is 5.47. The zero-order valence-electron chi connectivity index (χ0n) is 15.5. The van der Waals surface area contributed by atoms with Gasteiger partial charge in [-0.2, -0.15) is 0 Å². The first-order valence-electron chi connectivity index (χ1n) is 9.46. The molecule has 6 heteroatoms. The zero-order valence-corrected chi connectivity index (χ0v) is 15.5. The van der Waals surface area contributed by atoms with Gasteiger partial charge in [-0.15, -0.1) is 0 Å². The fraction of sp³-hybridized carbons (Fsp3) is 0.550. The molecule has 0 spiro atoms. The number of benzene rings is 1. The number of urea groups is 1. The lowest BCUT2D eigenvalue weighted by Gasteiger charge is -2.34. The molecule has 2 fully saturated rings. The highest BCUT2D eigenvalue weighted by Gasteiger charge is 2.49. The Balaban J connectivity index is 1.74. The smallest absolute Gasteiger partial charge is 0.325 e. The van der Waals surface area contributed by atoms with Gasteiger partial charge in [0.05, 0.1) is 0 Å². The summed E-state index contributed by atoms with van der Waals surface area (Å²) in [6.45, 7) is 4.04. The molecule has 1 N–H and O–H groups in total. The van der Waals surface area contributed by atoms with Crippen LogP contribution in [0.15, 0.2) is 30.3 Å². The summed E-state index contributed by atoms with van der Waals surface area (Å²) in [5.74, 6) is -0.526. The van der Waals surface area contributed by atoms with Gasteiger partial charge in [0.2, 0.25) is 5.91 Å². The number of likely N-dealkylation sites (N-methyl/N-ethyl adjacent to an activating group) is 1. The van der Waals surface area contributed by atoms with Crippen LogP contribution in [0.5, 0.6) is 0 Å². The van der Waals surface area contributed by atoms with E-state index in [0.29, 0.717) is 12.1 Å². The van der Waals surface area contributed by atoms with Crippen LogP contribution in [0.1, 0.15) is 51.5 Å². The monoisotopic (exact) mass is 357 g/mol. The van der Waals surface area contributed by atoms with Gasteiger partial charge in [0.15, 0.2) is 0 Å². The number of nitrogens with zero attached hydrogens (tertiary/aromatic N) is 2. The van der Waals surface area contributed by atoms with E-state index in [4.69, 9.17) is 0 Å². The van der Waals surface area contributed by atoms with Crippen LogP contribution in [0.25, 0.3) is 0 Å². The molecule has 1 atom stereocenters. The maximum atomic E-state index is 12.9. The standard InChI is InChI=1S/C20H27N3O3/c1-3-22(16-12-8-5-9-13-16)17(24)14-23-18(25)20(2,21-19(23)26)15-10-6-4-7-11-15/h4,6-7,10-11,16H,3,5,8-9,12-14H2,1-2H3,(H,21,26). The minimum Gasteiger partial charge on any atom is -0.338 e. The molecule has 3 rings (SSSR count). The van der Waals surface area contributed by atoms with Crippen molar-refractivity contribution in [2.75, 3.05) is 13.1 Å². The van der Waals surface area contributed by atoms with E-state index in [1.54, 1.807) is 6.92 Å². The average Bonchev–Trinajstić information content (AvgIpc) is 2.88. The number of carbonyl (C=O) groups excluding carboxylic acids is 3. The van der Waals surface area contributed by atoms with Gasteiger partial charge in [-0.25, -0.2) is 4.79 Å². The number of nitrogens with one attached hydrogen (secondary N) is 1. The van der Waals surface area contributed by atoms with Crippen molar-refractivity contribution >= 4 is 17.8 Å². The number of carbonyl (C=O) groups is 3. The summed E-state index contributed by atoms with van der Waals surface area (Å²) in [7, 11) is 0. The maximum absolute atomic E-state index is 12.9. The van der Waals surface area contributed by atoms with E-state index in [-0.39, 0.29) is 24.4 Å². The van der Waals surface area contributed by atoms with E-state index >= 15 is 0 Å². The van der Waals surface area contributed by atoms with Crippen LogP contribution < -0.4 is 5.32 Å². The highest BCUT2D eigenvalue weighted by Crippen LogP contribution is 2.29. The quantitative estimate of drug-likeness (QED) is 0.824. The minimum absolute atomic E-state index is 0.153. The highest BCUT2D eigenvalue weighted by atomic mass is 16.2. The molecule has 1 aromatic carbocycles. The number of imide groups is 1. The van der Waals surface area contributed by atoms with Crippen molar-refractivity contribution in [2.24, 2.45) is 0 Å². The lowest BCUT2D eigenvalue weighted by Crippen LogP contribution is -2.48. The van der Waals surface area contributed by atoms with Gasteiger partial charge >= 0.3 is 6.03 Å². The van der Waals surface area contributed by atoms with Gasteiger partial charge in [-0.1, -0.05) is 49.6 Å². The van der Waals surface area contributed by atoms with E-state index in [2.05, 4.69) is 5.32 Å². The molecule has 1 saturated heterocycles. The molecule has 1 saturated carbocycles. The van der Waals surface area contributed by atoms with Crippen molar-refractivity contribution in [2.45, 2.75) is 57.5 Å². The summed E-state index contributed by atoms with van der Waals surface area (Å²) in [5, 5.41) is 2.75. The topological polar surface area (TPSA) is 69.7 Å². The number of amides is 4. The summed E-state index contributed by atoms with van der Waals surface area (Å²) in [6, 6.07) is 8.86. The largest absolute Gasteiger partial charge is 0.338 e. The van der Waals surface area contributed by atoms with Crippen molar-refractivity contribution in [1.29, 1.82) is 0 Å². The normalized spacial score (nSPS) is 23.8. The van der Waals surface area contributed by atoms with E-state index < -0.39 is 11.6 Å². The summed E-state index contributed by atoms with van der Waals surface area (Å²) >= 11 is 0. The van der Waals surface area contributed by atoms with Gasteiger partial charge in [-0.05, 0) is 32.3 Å². The molecule has 26 heavy (non-hydrogen) atoms. The van der Waals surface area contributed by atoms with Crippen LogP contribution in [-0.2, 0) is 15.1 Å². The Labute approximate surface area is 154 Å². The molecule has 0 aromatic heterocycles. The molecule has 140 valence electrons. The molecule has 1 aliphatic carbocycles. The predicted octanol–water partition coefficient (Wildman–Crippen LogP) is 2.63. The Morgan fingerprint density at radius 1 is 1.19 bits per heavy atom. The lowest BCUT2D eigenvalue weighted by atomic mass is 9.92. The van der Waals surface area contributed by atoms with Gasteiger partial charge in [-0.3, -0.25) is 14.5 Å². The molecular weight excluding hydrogens is 330 g/mol. The Kier molecular flexibility index (Phi) is 5.30. The third kappa shape index (κ3) is 3.32. The first-order valence-corrected chi connectivity index (χ1v) is 9.46. The highest BCUT2D eigenvalue weighted by molar-refractivity contribution is 6.09. The lowest BCUT2D eigenvalue weighted by molar-refractivity contribution is -0.140. The number of hydrogen-bond donors (Lipinski definition) is 1. The fourth-order valence-corrected chi connectivity index (χ4v) is 4.06. The molecule has 0 bridgehead atoms. The van der Waals surface area contributed by atoms with E-state index in [1.807, 2.05) is 42.2 Å². The first kappa shape index (κ1) is 18.4. The number of rotatable bonds is 5. The van der Waals surface area contributed by atoms with Crippen LogP contribution in [0, 0.1) is 0 Å². The molecule has 0 radical (unpaired) electrons. The SMILES string of the molecule is CCN(C(=O)CN1C(=O)NC(C)(c2ccccc2)C1=O)C1CCCCC1. The predicted molar refractivity (Wildman–Crippen MR) is 98.3 cm³/mol. The van der Waals surface area contributed by atoms with Gasteiger partial charge < -0.3 is 10.2 Å². The summed E-state index contributed by atoms with van der Waals surface area (Å²) in [4.78, 5) is 41.1. The van der Waals surface area contributed by atoms with Crippen LogP contribution in [0.4, 0.5) is 4.79 Å². The van der Waals surface area contributed by atoms with Crippen molar-refractivity contribution in [3.8, 4) is 0 Å². The van der Waals surface area contributed by atoms with Crippen LogP contribution in [0.2, 0.25) is 0 Å². The van der Waals surface area contributed by atoms with E-state index in [0.717, 1.165) is 30.6 Å².